The van der Waals surface area contributed by atoms with Crippen molar-refractivity contribution in [3.05, 3.63) is 112 Å². The molecule has 0 unspecified atom stereocenters. The Balaban J connectivity index is 1.60. The van der Waals surface area contributed by atoms with Crippen molar-refractivity contribution in [2.45, 2.75) is 13.5 Å². The highest BCUT2D eigenvalue weighted by molar-refractivity contribution is 8.18. The molecule has 33 heavy (non-hydrogen) atoms. The minimum absolute atomic E-state index is 0.0773. The molecule has 3 aromatic carbocycles. The summed E-state index contributed by atoms with van der Waals surface area (Å²) < 4.78 is 11.1. The molecule has 0 spiro atoms. The molecule has 0 fully saturated rings. The topological polar surface area (TPSA) is 68.1 Å². The Bertz CT molecular complexity index is 1220. The Morgan fingerprint density at radius 2 is 1.73 bits per heavy atom. The Kier molecular flexibility index (Phi) is 7.27. The molecule has 1 N–H and O–H groups in total. The van der Waals surface area contributed by atoms with E-state index in [4.69, 9.17) is 9.47 Å². The zero-order chi connectivity index (χ0) is 23.0. The third-order valence-corrected chi connectivity index (χ3v) is 5.78. The van der Waals surface area contributed by atoms with Crippen molar-refractivity contribution in [3.8, 4) is 5.75 Å². The number of nitrogens with zero attached hydrogens (tertiary/aromatic N) is 1. The Labute approximate surface area is 197 Å². The van der Waals surface area contributed by atoms with Gasteiger partial charge in [-0.3, -0.25) is 0 Å². The first kappa shape index (κ1) is 22.4. The molecule has 1 heterocycles. The maximum atomic E-state index is 12.5. The fourth-order valence-corrected chi connectivity index (χ4v) is 4.23. The van der Waals surface area contributed by atoms with Crippen molar-refractivity contribution in [3.63, 3.8) is 0 Å². The predicted octanol–water partition coefficient (Wildman–Crippen LogP) is 6.46. The third-order valence-electron chi connectivity index (χ3n) is 4.76. The van der Waals surface area contributed by atoms with Crippen LogP contribution in [0.3, 0.4) is 0 Å². The van der Waals surface area contributed by atoms with E-state index in [1.807, 2.05) is 91.0 Å². The van der Waals surface area contributed by atoms with E-state index in [1.54, 1.807) is 6.92 Å². The maximum absolute atomic E-state index is 12.5. The number of carbonyl (C=O) groups is 1. The van der Waals surface area contributed by atoms with Crippen LogP contribution >= 0.6 is 11.8 Å². The van der Waals surface area contributed by atoms with Gasteiger partial charge in [0.2, 0.25) is 0 Å². The SMILES string of the molecule is CCOC(=O)C1=C(O)C(=Cc2cccc(OCc3ccccc3)c2)SC1=Nc1ccccc1. The third kappa shape index (κ3) is 5.73. The molecule has 0 radical (unpaired) electrons. The number of thioether (sulfide) groups is 1. The molecule has 1 aliphatic heterocycles. The van der Waals surface area contributed by atoms with Crippen molar-refractivity contribution < 1.29 is 19.4 Å². The van der Waals surface area contributed by atoms with Gasteiger partial charge in [-0.25, -0.2) is 9.79 Å². The van der Waals surface area contributed by atoms with Gasteiger partial charge in [-0.2, -0.15) is 0 Å². The smallest absolute Gasteiger partial charge is 0.344 e. The van der Waals surface area contributed by atoms with Gasteiger partial charge in [0, 0.05) is 0 Å². The first-order valence-electron chi connectivity index (χ1n) is 10.5. The zero-order valence-corrected chi connectivity index (χ0v) is 18.9. The van der Waals surface area contributed by atoms with Crippen molar-refractivity contribution in [1.82, 2.24) is 0 Å². The number of aliphatic imine (C=N–C) groups is 1. The second-order valence-electron chi connectivity index (χ2n) is 7.15. The summed E-state index contributed by atoms with van der Waals surface area (Å²) in [5, 5.41) is 11.3. The number of hydrogen-bond acceptors (Lipinski definition) is 6. The molecule has 3 aromatic rings. The number of esters is 1. The first-order chi connectivity index (χ1) is 16.1. The summed E-state index contributed by atoms with van der Waals surface area (Å²) in [6, 6.07) is 26.8. The predicted molar refractivity (Wildman–Crippen MR) is 133 cm³/mol. The van der Waals surface area contributed by atoms with Crippen LogP contribution in [0.4, 0.5) is 5.69 Å². The number of hydrogen-bond donors (Lipinski definition) is 1. The summed E-state index contributed by atoms with van der Waals surface area (Å²) >= 11 is 1.23. The molecule has 0 bridgehead atoms. The van der Waals surface area contributed by atoms with E-state index in [0.29, 0.717) is 28.0 Å². The lowest BCUT2D eigenvalue weighted by Gasteiger charge is -2.07. The summed E-state index contributed by atoms with van der Waals surface area (Å²) in [4.78, 5) is 17.6. The van der Waals surface area contributed by atoms with E-state index in [9.17, 15) is 9.90 Å². The van der Waals surface area contributed by atoms with E-state index < -0.39 is 5.97 Å². The van der Waals surface area contributed by atoms with Gasteiger partial charge in [-0.15, -0.1) is 0 Å². The standard InChI is InChI=1S/C27H23NO4S/c1-2-31-27(30)24-25(29)23(33-26(24)28-21-13-7-4-8-14-21)17-20-12-9-15-22(16-20)32-18-19-10-5-3-6-11-19/h3-17,29H,2,18H2,1H3. The van der Waals surface area contributed by atoms with Gasteiger partial charge in [-0.1, -0.05) is 72.4 Å². The number of aliphatic hydroxyl groups is 1. The van der Waals surface area contributed by atoms with Crippen LogP contribution in [-0.4, -0.2) is 22.7 Å². The van der Waals surface area contributed by atoms with Crippen LogP contribution in [-0.2, 0) is 16.1 Å². The first-order valence-corrected chi connectivity index (χ1v) is 11.4. The molecule has 0 amide bonds. The summed E-state index contributed by atoms with van der Waals surface area (Å²) in [5.41, 5.74) is 2.67. The second kappa shape index (κ2) is 10.7. The molecule has 0 aromatic heterocycles. The van der Waals surface area contributed by atoms with Gasteiger partial charge in [-0.05, 0) is 48.4 Å². The molecule has 1 aliphatic rings. The van der Waals surface area contributed by atoms with Crippen molar-refractivity contribution in [1.29, 1.82) is 0 Å². The van der Waals surface area contributed by atoms with Crippen LogP contribution in [0.1, 0.15) is 18.1 Å². The lowest BCUT2D eigenvalue weighted by molar-refractivity contribution is -0.138. The molecule has 0 atom stereocenters. The highest BCUT2D eigenvalue weighted by Crippen LogP contribution is 2.40. The van der Waals surface area contributed by atoms with Crippen LogP contribution in [0.5, 0.6) is 5.75 Å². The lowest BCUT2D eigenvalue weighted by Crippen LogP contribution is -2.12. The van der Waals surface area contributed by atoms with Crippen LogP contribution < -0.4 is 4.74 Å². The van der Waals surface area contributed by atoms with Crippen LogP contribution in [0.15, 0.2) is 106 Å². The average Bonchev–Trinajstić information content (AvgIpc) is 3.14. The normalized spacial score (nSPS) is 15.8. The van der Waals surface area contributed by atoms with Crippen LogP contribution in [0.25, 0.3) is 6.08 Å². The van der Waals surface area contributed by atoms with Crippen LogP contribution in [0.2, 0.25) is 0 Å². The van der Waals surface area contributed by atoms with Gasteiger partial charge in [0.25, 0.3) is 0 Å². The molecular formula is C27H23NO4S. The largest absolute Gasteiger partial charge is 0.506 e. The van der Waals surface area contributed by atoms with Gasteiger partial charge in [0.15, 0.2) is 0 Å². The highest BCUT2D eigenvalue weighted by atomic mass is 32.2. The fourth-order valence-electron chi connectivity index (χ4n) is 3.20. The van der Waals surface area contributed by atoms with E-state index >= 15 is 0 Å². The Morgan fingerprint density at radius 3 is 2.45 bits per heavy atom. The van der Waals surface area contributed by atoms with Crippen LogP contribution in [0, 0.1) is 0 Å². The average molecular weight is 458 g/mol. The Hall–Kier alpha value is -3.77. The van der Waals surface area contributed by atoms with E-state index in [0.717, 1.165) is 11.1 Å². The molecule has 0 saturated heterocycles. The highest BCUT2D eigenvalue weighted by Gasteiger charge is 2.33. The fraction of sp³-hybridized carbons (Fsp3) is 0.111. The number of ether oxygens (including phenoxy) is 2. The second-order valence-corrected chi connectivity index (χ2v) is 8.18. The Morgan fingerprint density at radius 1 is 1.00 bits per heavy atom. The molecule has 5 nitrogen and oxygen atoms in total. The number of para-hydroxylation sites is 1. The van der Waals surface area contributed by atoms with E-state index in [-0.39, 0.29) is 17.9 Å². The zero-order valence-electron chi connectivity index (χ0n) is 18.1. The number of benzene rings is 3. The van der Waals surface area contributed by atoms with E-state index in [1.165, 1.54) is 11.8 Å². The van der Waals surface area contributed by atoms with Gasteiger partial charge in [0.05, 0.1) is 17.2 Å². The van der Waals surface area contributed by atoms with Crippen molar-refractivity contribution in [2.24, 2.45) is 4.99 Å². The molecule has 6 heteroatoms. The molecule has 4 rings (SSSR count). The molecule has 0 aliphatic carbocycles. The summed E-state index contributed by atoms with van der Waals surface area (Å²) in [6.07, 6.45) is 1.81. The molecule has 0 saturated carbocycles. The number of carbonyl (C=O) groups excluding carboxylic acids is 1. The minimum Gasteiger partial charge on any atom is -0.506 e. The molecular weight excluding hydrogens is 434 g/mol. The monoisotopic (exact) mass is 457 g/mol. The number of rotatable bonds is 7. The summed E-state index contributed by atoms with van der Waals surface area (Å²) in [6.45, 7) is 2.39. The summed E-state index contributed by atoms with van der Waals surface area (Å²) in [5.74, 6) is -0.0206. The number of aliphatic hydroxyl groups excluding tert-OH is 1. The minimum atomic E-state index is -0.597. The maximum Gasteiger partial charge on any atom is 0.344 e. The van der Waals surface area contributed by atoms with Gasteiger partial charge in [0.1, 0.15) is 28.7 Å². The molecule has 166 valence electrons. The lowest BCUT2D eigenvalue weighted by atomic mass is 10.1. The quantitative estimate of drug-likeness (QED) is 0.413. The summed E-state index contributed by atoms with van der Waals surface area (Å²) in [7, 11) is 0. The van der Waals surface area contributed by atoms with Crippen molar-refractivity contribution in [2.75, 3.05) is 6.61 Å². The van der Waals surface area contributed by atoms with Gasteiger partial charge >= 0.3 is 5.97 Å². The van der Waals surface area contributed by atoms with E-state index in [2.05, 4.69) is 4.99 Å². The van der Waals surface area contributed by atoms with Gasteiger partial charge < -0.3 is 14.6 Å². The van der Waals surface area contributed by atoms with Crippen molar-refractivity contribution >= 4 is 34.5 Å².